The fourth-order valence-electron chi connectivity index (χ4n) is 3.26. The zero-order chi connectivity index (χ0) is 16.5. The van der Waals surface area contributed by atoms with Gasteiger partial charge in [-0.05, 0) is 37.6 Å². The maximum atomic E-state index is 4.91. The predicted molar refractivity (Wildman–Crippen MR) is 95.4 cm³/mol. The molecule has 3 aromatic heterocycles. The monoisotopic (exact) mass is 322 g/mol. The molecule has 0 spiro atoms. The second-order valence-electron chi connectivity index (χ2n) is 6.15. The van der Waals surface area contributed by atoms with Gasteiger partial charge in [0, 0.05) is 43.6 Å². The van der Waals surface area contributed by atoms with Gasteiger partial charge < -0.3 is 10.2 Å². The summed E-state index contributed by atoms with van der Waals surface area (Å²) in [5, 5.41) is 8.29. The standard InChI is InChI=1S/C18H22N6/c1-3-15-18(14-6-7-20-13(2)12-14)24-16(21-15)4-5-17(22-24)23-10-8-19-9-11-23/h4-7,12,19H,3,8-11H2,1-2H3. The Hall–Kier alpha value is -2.47. The molecule has 0 bridgehead atoms. The van der Waals surface area contributed by atoms with Crippen LogP contribution in [0.5, 0.6) is 0 Å². The van der Waals surface area contributed by atoms with Crippen molar-refractivity contribution in [2.24, 2.45) is 0 Å². The molecule has 0 radical (unpaired) electrons. The van der Waals surface area contributed by atoms with Crippen LogP contribution in [0.15, 0.2) is 30.5 Å². The topological polar surface area (TPSA) is 58.4 Å². The molecular weight excluding hydrogens is 300 g/mol. The number of anilines is 1. The second kappa shape index (κ2) is 6.20. The quantitative estimate of drug-likeness (QED) is 0.800. The third-order valence-corrected chi connectivity index (χ3v) is 4.48. The minimum atomic E-state index is 0.878. The zero-order valence-corrected chi connectivity index (χ0v) is 14.2. The smallest absolute Gasteiger partial charge is 0.154 e. The molecule has 124 valence electrons. The van der Waals surface area contributed by atoms with Crippen LogP contribution in [0.2, 0.25) is 0 Å². The molecule has 0 saturated carbocycles. The molecule has 4 rings (SSSR count). The van der Waals surface area contributed by atoms with Crippen molar-refractivity contribution in [1.82, 2.24) is 24.9 Å². The Labute approximate surface area is 141 Å². The molecule has 1 N–H and O–H groups in total. The molecule has 1 aliphatic heterocycles. The third-order valence-electron chi connectivity index (χ3n) is 4.48. The summed E-state index contributed by atoms with van der Waals surface area (Å²) in [7, 11) is 0. The molecule has 0 aliphatic carbocycles. The fourth-order valence-corrected chi connectivity index (χ4v) is 3.26. The lowest BCUT2D eigenvalue weighted by Crippen LogP contribution is -2.44. The van der Waals surface area contributed by atoms with Gasteiger partial charge in [0.1, 0.15) is 5.82 Å². The Morgan fingerprint density at radius 2 is 2.00 bits per heavy atom. The molecule has 1 fully saturated rings. The van der Waals surface area contributed by atoms with Gasteiger partial charge in [-0.15, -0.1) is 5.10 Å². The highest BCUT2D eigenvalue weighted by molar-refractivity contribution is 5.67. The number of imidazole rings is 1. The Bertz CT molecular complexity index is 863. The van der Waals surface area contributed by atoms with E-state index in [9.17, 15) is 0 Å². The first-order chi connectivity index (χ1) is 11.8. The van der Waals surface area contributed by atoms with E-state index in [-0.39, 0.29) is 0 Å². The molecule has 4 heterocycles. The Morgan fingerprint density at radius 3 is 2.75 bits per heavy atom. The van der Waals surface area contributed by atoms with Gasteiger partial charge in [0.2, 0.25) is 0 Å². The van der Waals surface area contributed by atoms with E-state index in [2.05, 4.69) is 40.3 Å². The van der Waals surface area contributed by atoms with E-state index >= 15 is 0 Å². The first-order valence-corrected chi connectivity index (χ1v) is 8.53. The van der Waals surface area contributed by atoms with Gasteiger partial charge in [0.05, 0.1) is 11.4 Å². The van der Waals surface area contributed by atoms with Gasteiger partial charge in [-0.25, -0.2) is 9.50 Å². The largest absolute Gasteiger partial charge is 0.353 e. The molecular formula is C18H22N6. The van der Waals surface area contributed by atoms with Crippen molar-refractivity contribution in [3.8, 4) is 11.3 Å². The van der Waals surface area contributed by atoms with Crippen molar-refractivity contribution < 1.29 is 0 Å². The van der Waals surface area contributed by atoms with E-state index in [0.717, 1.165) is 66.7 Å². The Balaban J connectivity index is 1.87. The van der Waals surface area contributed by atoms with E-state index in [0.29, 0.717) is 0 Å². The van der Waals surface area contributed by atoms with Crippen molar-refractivity contribution in [3.05, 3.63) is 41.9 Å². The van der Waals surface area contributed by atoms with Crippen molar-refractivity contribution >= 4 is 11.5 Å². The van der Waals surface area contributed by atoms with Crippen molar-refractivity contribution in [2.45, 2.75) is 20.3 Å². The van der Waals surface area contributed by atoms with Gasteiger partial charge in [-0.1, -0.05) is 6.92 Å². The van der Waals surface area contributed by atoms with Crippen molar-refractivity contribution in [1.29, 1.82) is 0 Å². The number of aromatic nitrogens is 4. The van der Waals surface area contributed by atoms with E-state index in [4.69, 9.17) is 10.1 Å². The van der Waals surface area contributed by atoms with Crippen LogP contribution in [-0.4, -0.2) is 45.8 Å². The highest BCUT2D eigenvalue weighted by Gasteiger charge is 2.17. The van der Waals surface area contributed by atoms with Crippen LogP contribution in [0, 0.1) is 6.92 Å². The number of rotatable bonds is 3. The minimum Gasteiger partial charge on any atom is -0.353 e. The predicted octanol–water partition coefficient (Wildman–Crippen LogP) is 2.07. The minimum absolute atomic E-state index is 0.878. The summed E-state index contributed by atoms with van der Waals surface area (Å²) in [5.41, 5.74) is 5.18. The van der Waals surface area contributed by atoms with Gasteiger partial charge in [0.15, 0.2) is 5.65 Å². The summed E-state index contributed by atoms with van der Waals surface area (Å²) in [6.07, 6.45) is 2.73. The van der Waals surface area contributed by atoms with Gasteiger partial charge in [0.25, 0.3) is 0 Å². The average Bonchev–Trinajstić information content (AvgIpc) is 3.00. The number of nitrogens with one attached hydrogen (secondary N) is 1. The summed E-state index contributed by atoms with van der Waals surface area (Å²) in [4.78, 5) is 11.4. The molecule has 1 aliphatic rings. The number of aryl methyl sites for hydroxylation is 2. The summed E-state index contributed by atoms with van der Waals surface area (Å²) >= 11 is 0. The van der Waals surface area contributed by atoms with Gasteiger partial charge >= 0.3 is 0 Å². The number of pyridine rings is 1. The first-order valence-electron chi connectivity index (χ1n) is 8.53. The summed E-state index contributed by atoms with van der Waals surface area (Å²) in [6.45, 7) is 8.12. The van der Waals surface area contributed by atoms with Crippen LogP contribution in [0.4, 0.5) is 5.82 Å². The summed E-state index contributed by atoms with van der Waals surface area (Å²) in [5.74, 6) is 1.01. The zero-order valence-electron chi connectivity index (χ0n) is 14.2. The molecule has 0 atom stereocenters. The molecule has 6 nitrogen and oxygen atoms in total. The lowest BCUT2D eigenvalue weighted by Gasteiger charge is -2.28. The van der Waals surface area contributed by atoms with Crippen molar-refractivity contribution in [2.75, 3.05) is 31.1 Å². The second-order valence-corrected chi connectivity index (χ2v) is 6.15. The van der Waals surface area contributed by atoms with Crippen LogP contribution < -0.4 is 10.2 Å². The Kier molecular flexibility index (Phi) is 3.90. The number of hydrogen-bond donors (Lipinski definition) is 1. The lowest BCUT2D eigenvalue weighted by molar-refractivity contribution is 0.582. The molecule has 1 saturated heterocycles. The summed E-state index contributed by atoms with van der Waals surface area (Å²) in [6, 6.07) is 8.28. The highest BCUT2D eigenvalue weighted by Crippen LogP contribution is 2.26. The fraction of sp³-hybridized carbons (Fsp3) is 0.389. The molecule has 3 aromatic rings. The number of fused-ring (bicyclic) bond motifs is 1. The van der Waals surface area contributed by atoms with E-state index in [1.54, 1.807) is 0 Å². The maximum Gasteiger partial charge on any atom is 0.154 e. The van der Waals surface area contributed by atoms with Gasteiger partial charge in [-0.3, -0.25) is 4.98 Å². The number of nitrogens with zero attached hydrogens (tertiary/aromatic N) is 5. The normalized spacial score (nSPS) is 15.2. The van der Waals surface area contributed by atoms with Gasteiger partial charge in [-0.2, -0.15) is 0 Å². The van der Waals surface area contributed by atoms with E-state index < -0.39 is 0 Å². The highest BCUT2D eigenvalue weighted by atomic mass is 15.3. The molecule has 24 heavy (non-hydrogen) atoms. The SMILES string of the molecule is CCc1nc2ccc(N3CCNCC3)nn2c1-c1ccnc(C)c1. The van der Waals surface area contributed by atoms with E-state index in [1.807, 2.05) is 23.7 Å². The summed E-state index contributed by atoms with van der Waals surface area (Å²) < 4.78 is 1.99. The molecule has 6 heteroatoms. The first kappa shape index (κ1) is 15.1. The van der Waals surface area contributed by atoms with Crippen LogP contribution in [0.3, 0.4) is 0 Å². The third kappa shape index (κ3) is 2.63. The maximum absolute atomic E-state index is 4.91. The number of hydrogen-bond acceptors (Lipinski definition) is 5. The average molecular weight is 322 g/mol. The number of piperazine rings is 1. The Morgan fingerprint density at radius 1 is 1.17 bits per heavy atom. The van der Waals surface area contributed by atoms with Crippen molar-refractivity contribution in [3.63, 3.8) is 0 Å². The van der Waals surface area contributed by atoms with Crippen LogP contribution in [0.1, 0.15) is 18.3 Å². The molecule has 0 unspecified atom stereocenters. The van der Waals surface area contributed by atoms with E-state index in [1.165, 1.54) is 0 Å². The van der Waals surface area contributed by atoms with Crippen LogP contribution in [0.25, 0.3) is 16.9 Å². The lowest BCUT2D eigenvalue weighted by atomic mass is 10.1. The molecule has 0 aromatic carbocycles. The molecule has 0 amide bonds. The van der Waals surface area contributed by atoms with Crippen LogP contribution >= 0.6 is 0 Å². The van der Waals surface area contributed by atoms with Crippen LogP contribution in [-0.2, 0) is 6.42 Å².